The molecule has 4 rings (SSSR count). The first-order chi connectivity index (χ1) is 13.0. The van der Waals surface area contributed by atoms with Gasteiger partial charge in [0.05, 0.1) is 11.4 Å². The van der Waals surface area contributed by atoms with Crippen LogP contribution >= 0.6 is 0 Å². The fourth-order valence-electron chi connectivity index (χ4n) is 3.19. The van der Waals surface area contributed by atoms with Crippen LogP contribution in [0.15, 0.2) is 48.7 Å². The lowest BCUT2D eigenvalue weighted by Gasteiger charge is -2.11. The second-order valence-electron chi connectivity index (χ2n) is 6.23. The number of pyridine rings is 1. The molecule has 0 bridgehead atoms. The molecule has 0 radical (unpaired) electrons. The van der Waals surface area contributed by atoms with Crippen molar-refractivity contribution in [3.63, 3.8) is 0 Å². The number of hydrogen-bond donors (Lipinski definition) is 1. The maximum atomic E-state index is 12.4. The Morgan fingerprint density at radius 3 is 2.56 bits per heavy atom. The Morgan fingerprint density at radius 2 is 1.85 bits per heavy atom. The van der Waals surface area contributed by atoms with Gasteiger partial charge in [0, 0.05) is 18.3 Å². The van der Waals surface area contributed by atoms with E-state index in [1.54, 1.807) is 23.0 Å². The summed E-state index contributed by atoms with van der Waals surface area (Å²) in [6, 6.07) is 11.3. The summed E-state index contributed by atoms with van der Waals surface area (Å²) in [5.41, 5.74) is 3.28. The third-order valence-corrected chi connectivity index (χ3v) is 4.35. The van der Waals surface area contributed by atoms with Gasteiger partial charge < -0.3 is 10.1 Å². The lowest BCUT2D eigenvalue weighted by atomic mass is 10.1. The minimum absolute atomic E-state index is 0.262. The number of ether oxygens (including phenoxy) is 1. The number of anilines is 1. The zero-order valence-electron chi connectivity index (χ0n) is 14.3. The highest BCUT2D eigenvalue weighted by Gasteiger charge is 2.31. The number of nitrogens with one attached hydrogen (secondary N) is 1. The van der Waals surface area contributed by atoms with Crippen molar-refractivity contribution in [2.45, 2.75) is 25.6 Å². The average molecular weight is 374 g/mol. The summed E-state index contributed by atoms with van der Waals surface area (Å²) in [7, 11) is 0. The van der Waals surface area contributed by atoms with Crippen molar-refractivity contribution in [3.05, 3.63) is 54.2 Å². The molecule has 1 aliphatic heterocycles. The van der Waals surface area contributed by atoms with E-state index in [1.165, 1.54) is 12.1 Å². The van der Waals surface area contributed by atoms with E-state index in [-0.39, 0.29) is 5.75 Å². The smallest absolute Gasteiger partial charge is 0.406 e. The van der Waals surface area contributed by atoms with Crippen molar-refractivity contribution in [2.24, 2.45) is 0 Å². The first-order valence-electron chi connectivity index (χ1n) is 8.64. The molecule has 1 N–H and O–H groups in total. The van der Waals surface area contributed by atoms with Crippen LogP contribution in [-0.4, -0.2) is 27.7 Å². The minimum atomic E-state index is -4.71. The van der Waals surface area contributed by atoms with Crippen LogP contribution in [-0.2, 0) is 6.42 Å². The molecule has 0 fully saturated rings. The molecule has 3 heterocycles. The predicted octanol–water partition coefficient (Wildman–Crippen LogP) is 4.58. The molecule has 5 nitrogen and oxygen atoms in total. The molecule has 8 heteroatoms. The van der Waals surface area contributed by atoms with E-state index in [1.807, 2.05) is 18.2 Å². The lowest BCUT2D eigenvalue weighted by Crippen LogP contribution is -2.17. The van der Waals surface area contributed by atoms with Crippen LogP contribution in [0.1, 0.15) is 18.4 Å². The Bertz CT molecular complexity index is 921. The number of nitrogens with zero attached hydrogens (tertiary/aromatic N) is 3. The number of aromatic nitrogens is 3. The van der Waals surface area contributed by atoms with Gasteiger partial charge in [-0.1, -0.05) is 6.07 Å². The topological polar surface area (TPSA) is 52.0 Å². The van der Waals surface area contributed by atoms with Gasteiger partial charge in [-0.15, -0.1) is 13.2 Å². The van der Waals surface area contributed by atoms with Crippen LogP contribution in [0.3, 0.4) is 0 Å². The molecule has 1 aliphatic rings. The molecule has 0 amide bonds. The molecule has 0 saturated carbocycles. The second kappa shape index (κ2) is 6.94. The summed E-state index contributed by atoms with van der Waals surface area (Å²) in [4.78, 5) is 4.40. The van der Waals surface area contributed by atoms with Gasteiger partial charge in [-0.2, -0.15) is 5.10 Å². The Morgan fingerprint density at radius 1 is 1.04 bits per heavy atom. The second-order valence-corrected chi connectivity index (χ2v) is 6.23. The van der Waals surface area contributed by atoms with E-state index < -0.39 is 6.36 Å². The number of halogens is 3. The van der Waals surface area contributed by atoms with E-state index in [9.17, 15) is 13.2 Å². The highest BCUT2D eigenvalue weighted by atomic mass is 19.4. The summed E-state index contributed by atoms with van der Waals surface area (Å²) in [5.74, 6) is 0.597. The van der Waals surface area contributed by atoms with Gasteiger partial charge in [0.25, 0.3) is 0 Å². The van der Waals surface area contributed by atoms with Crippen LogP contribution in [0.2, 0.25) is 0 Å². The van der Waals surface area contributed by atoms with Crippen molar-refractivity contribution in [1.82, 2.24) is 14.8 Å². The first kappa shape index (κ1) is 17.4. The third-order valence-electron chi connectivity index (χ3n) is 4.35. The number of rotatable bonds is 3. The molecule has 1 aromatic carbocycles. The number of benzene rings is 1. The zero-order chi connectivity index (χ0) is 18.9. The molecule has 0 spiro atoms. The molecule has 0 aliphatic carbocycles. The maximum absolute atomic E-state index is 12.4. The SMILES string of the molecule is FC(F)(F)Oc1ccc(-n2nc(-c3ccccn3)c3c2NCCCC3)cc1. The highest BCUT2D eigenvalue weighted by Crippen LogP contribution is 2.33. The van der Waals surface area contributed by atoms with Crippen LogP contribution in [0.4, 0.5) is 19.0 Å². The normalized spacial score (nSPS) is 14.2. The molecular formula is C19H17F3N4O. The molecule has 27 heavy (non-hydrogen) atoms. The fourth-order valence-corrected chi connectivity index (χ4v) is 3.19. The maximum Gasteiger partial charge on any atom is 0.573 e. The van der Waals surface area contributed by atoms with E-state index in [0.717, 1.165) is 48.6 Å². The van der Waals surface area contributed by atoms with Gasteiger partial charge in [-0.05, 0) is 55.7 Å². The number of alkyl halides is 3. The Kier molecular flexibility index (Phi) is 4.47. The van der Waals surface area contributed by atoms with Gasteiger partial charge in [0.2, 0.25) is 0 Å². The summed E-state index contributed by atoms with van der Waals surface area (Å²) < 4.78 is 42.8. The Labute approximate surface area is 153 Å². The predicted molar refractivity (Wildman–Crippen MR) is 94.9 cm³/mol. The molecular weight excluding hydrogens is 357 g/mol. The minimum Gasteiger partial charge on any atom is -0.406 e. The summed E-state index contributed by atoms with van der Waals surface area (Å²) in [5, 5.41) is 8.10. The van der Waals surface area contributed by atoms with Crippen molar-refractivity contribution >= 4 is 5.82 Å². The van der Waals surface area contributed by atoms with Gasteiger partial charge in [0.1, 0.15) is 17.3 Å². The monoisotopic (exact) mass is 374 g/mol. The van der Waals surface area contributed by atoms with E-state index in [4.69, 9.17) is 5.10 Å². The molecule has 0 atom stereocenters. The van der Waals surface area contributed by atoms with E-state index in [0.29, 0.717) is 5.69 Å². The van der Waals surface area contributed by atoms with Gasteiger partial charge in [-0.3, -0.25) is 4.98 Å². The highest BCUT2D eigenvalue weighted by molar-refractivity contribution is 5.69. The number of hydrogen-bond acceptors (Lipinski definition) is 4. The Balaban J connectivity index is 1.76. The lowest BCUT2D eigenvalue weighted by molar-refractivity contribution is -0.274. The first-order valence-corrected chi connectivity index (χ1v) is 8.64. The molecule has 140 valence electrons. The fraction of sp³-hybridized carbons (Fsp3) is 0.263. The average Bonchev–Trinajstić information content (AvgIpc) is 2.83. The van der Waals surface area contributed by atoms with Crippen LogP contribution < -0.4 is 10.1 Å². The van der Waals surface area contributed by atoms with Gasteiger partial charge in [-0.25, -0.2) is 4.68 Å². The van der Waals surface area contributed by atoms with E-state index >= 15 is 0 Å². The molecule has 2 aromatic heterocycles. The van der Waals surface area contributed by atoms with Crippen LogP contribution in [0.5, 0.6) is 5.75 Å². The quantitative estimate of drug-likeness (QED) is 0.729. The van der Waals surface area contributed by atoms with Crippen molar-refractivity contribution in [3.8, 4) is 22.8 Å². The molecule has 0 unspecified atom stereocenters. The standard InChI is InChI=1S/C19H17F3N4O/c20-19(21,22)27-14-9-7-13(8-10-14)26-18-15(5-1-3-12-24-18)17(25-26)16-6-2-4-11-23-16/h2,4,6-11,24H,1,3,5,12H2. The van der Waals surface area contributed by atoms with E-state index in [2.05, 4.69) is 15.0 Å². The number of fused-ring (bicyclic) bond motifs is 1. The van der Waals surface area contributed by atoms with Crippen molar-refractivity contribution < 1.29 is 17.9 Å². The van der Waals surface area contributed by atoms with Crippen LogP contribution in [0, 0.1) is 0 Å². The van der Waals surface area contributed by atoms with Crippen molar-refractivity contribution in [2.75, 3.05) is 11.9 Å². The molecule has 3 aromatic rings. The summed E-state index contributed by atoms with van der Waals surface area (Å²) in [6.07, 6.45) is -0.0613. The van der Waals surface area contributed by atoms with Crippen molar-refractivity contribution in [1.29, 1.82) is 0 Å². The summed E-state index contributed by atoms with van der Waals surface area (Å²) in [6.45, 7) is 0.815. The third kappa shape index (κ3) is 3.74. The van der Waals surface area contributed by atoms with Crippen LogP contribution in [0.25, 0.3) is 17.1 Å². The summed E-state index contributed by atoms with van der Waals surface area (Å²) >= 11 is 0. The zero-order valence-corrected chi connectivity index (χ0v) is 14.3. The van der Waals surface area contributed by atoms with Gasteiger partial charge >= 0.3 is 6.36 Å². The Hall–Kier alpha value is -3.03. The molecule has 0 saturated heterocycles. The largest absolute Gasteiger partial charge is 0.573 e. The van der Waals surface area contributed by atoms with Gasteiger partial charge in [0.15, 0.2) is 0 Å².